The van der Waals surface area contributed by atoms with Gasteiger partial charge in [0.05, 0.1) is 19.1 Å². The van der Waals surface area contributed by atoms with Crippen LogP contribution in [0.3, 0.4) is 0 Å². The van der Waals surface area contributed by atoms with Gasteiger partial charge in [-0.05, 0) is 42.8 Å². The second-order valence-electron chi connectivity index (χ2n) is 8.17. The molecule has 0 spiro atoms. The van der Waals surface area contributed by atoms with Crippen LogP contribution in [0.5, 0.6) is 17.4 Å². The van der Waals surface area contributed by atoms with Crippen LogP contribution < -0.4 is 20.3 Å². The van der Waals surface area contributed by atoms with E-state index in [4.69, 9.17) is 9.47 Å². The molecule has 10 nitrogen and oxygen atoms in total. The summed E-state index contributed by atoms with van der Waals surface area (Å²) >= 11 is 0. The first kappa shape index (κ1) is 29.5. The number of amides is 1. The molecule has 1 atom stereocenters. The maximum atomic E-state index is 13.8. The van der Waals surface area contributed by atoms with E-state index < -0.39 is 49.7 Å². The Morgan fingerprint density at radius 1 is 1.08 bits per heavy atom. The zero-order valence-corrected chi connectivity index (χ0v) is 22.0. The van der Waals surface area contributed by atoms with Gasteiger partial charge in [-0.3, -0.25) is 14.2 Å². The van der Waals surface area contributed by atoms with Crippen molar-refractivity contribution in [1.29, 1.82) is 0 Å². The third-order valence-electron chi connectivity index (χ3n) is 5.66. The number of hydrogen-bond donors (Lipinski definition) is 2. The summed E-state index contributed by atoms with van der Waals surface area (Å²) in [5, 5.41) is 12.1. The van der Waals surface area contributed by atoms with E-state index in [1.54, 1.807) is 6.07 Å². The molecule has 1 amide bonds. The summed E-state index contributed by atoms with van der Waals surface area (Å²) in [6, 6.07) is 8.40. The molecular formula is C25H26F3N3O7S. The number of carbonyl (C=O) groups is 1. The molecule has 0 saturated heterocycles. The highest BCUT2D eigenvalue weighted by Crippen LogP contribution is 2.34. The van der Waals surface area contributed by atoms with Gasteiger partial charge in [0, 0.05) is 12.0 Å². The molecule has 0 aliphatic carbocycles. The van der Waals surface area contributed by atoms with Gasteiger partial charge in [-0.25, -0.2) is 21.6 Å². The smallest absolute Gasteiger partial charge is 0.287 e. The number of nitrogens with one attached hydrogen (secondary N) is 1. The minimum absolute atomic E-state index is 0.0629. The summed E-state index contributed by atoms with van der Waals surface area (Å²) in [7, 11) is -2.04. The number of aryl methyl sites for hydroxylation is 1. The van der Waals surface area contributed by atoms with Gasteiger partial charge >= 0.3 is 0 Å². The summed E-state index contributed by atoms with van der Waals surface area (Å²) in [6.45, 7) is 1.90. The van der Waals surface area contributed by atoms with E-state index in [1.165, 1.54) is 31.7 Å². The van der Waals surface area contributed by atoms with Crippen molar-refractivity contribution >= 4 is 15.7 Å². The molecule has 1 heterocycles. The van der Waals surface area contributed by atoms with Crippen LogP contribution in [0.25, 0.3) is 5.69 Å². The van der Waals surface area contributed by atoms with Crippen molar-refractivity contribution in [3.05, 3.63) is 64.2 Å². The lowest BCUT2D eigenvalue weighted by atomic mass is 10.2. The number of carbonyl (C=O) groups excluding carboxylic acids is 1. The number of ether oxygens (including phenoxy) is 2. The van der Waals surface area contributed by atoms with Crippen molar-refractivity contribution in [1.82, 2.24) is 14.9 Å². The van der Waals surface area contributed by atoms with Crippen LogP contribution in [0.2, 0.25) is 0 Å². The number of para-hydroxylation sites is 1. The summed E-state index contributed by atoms with van der Waals surface area (Å²) < 4.78 is 76.7. The van der Waals surface area contributed by atoms with E-state index in [9.17, 15) is 36.3 Å². The van der Waals surface area contributed by atoms with Crippen molar-refractivity contribution in [2.24, 2.45) is 0 Å². The van der Waals surface area contributed by atoms with Crippen LogP contribution in [-0.2, 0) is 16.3 Å². The molecule has 3 aromatic rings. The van der Waals surface area contributed by atoms with Gasteiger partial charge in [0.2, 0.25) is 22.0 Å². The number of hydrogen-bond acceptors (Lipinski definition) is 8. The Bertz CT molecular complexity index is 1490. The molecule has 0 aliphatic rings. The van der Waals surface area contributed by atoms with E-state index in [-0.39, 0.29) is 35.0 Å². The number of unbranched alkanes of at least 4 members (excludes halogenated alkanes) is 1. The van der Waals surface area contributed by atoms with Crippen LogP contribution in [0.15, 0.2) is 57.1 Å². The van der Waals surface area contributed by atoms with Crippen molar-refractivity contribution in [2.75, 3.05) is 14.2 Å². The Morgan fingerprint density at radius 2 is 1.67 bits per heavy atom. The molecule has 0 bridgehead atoms. The number of nitrogens with zero attached hydrogens (tertiary/aromatic N) is 2. The first-order valence-corrected chi connectivity index (χ1v) is 13.1. The van der Waals surface area contributed by atoms with E-state index in [2.05, 4.69) is 4.98 Å². The van der Waals surface area contributed by atoms with Gasteiger partial charge in [-0.2, -0.15) is 4.98 Å². The second-order valence-corrected chi connectivity index (χ2v) is 10.1. The average Bonchev–Trinajstić information content (AvgIpc) is 2.91. The van der Waals surface area contributed by atoms with Crippen LogP contribution in [0.1, 0.15) is 35.9 Å². The number of aromatic hydroxyl groups is 1. The fourth-order valence-corrected chi connectivity index (χ4v) is 5.07. The fourth-order valence-electron chi connectivity index (χ4n) is 3.73. The monoisotopic (exact) mass is 569 g/mol. The minimum Gasteiger partial charge on any atom is -0.494 e. The first-order valence-electron chi connectivity index (χ1n) is 11.6. The predicted octanol–water partition coefficient (Wildman–Crippen LogP) is 3.42. The summed E-state index contributed by atoms with van der Waals surface area (Å²) in [4.78, 5) is 28.2. The van der Waals surface area contributed by atoms with E-state index >= 15 is 0 Å². The maximum absolute atomic E-state index is 13.8. The molecule has 1 unspecified atom stereocenters. The van der Waals surface area contributed by atoms with Crippen molar-refractivity contribution in [2.45, 2.75) is 48.7 Å². The molecule has 39 heavy (non-hydrogen) atoms. The highest BCUT2D eigenvalue weighted by atomic mass is 32.2. The van der Waals surface area contributed by atoms with Gasteiger partial charge in [0.1, 0.15) is 23.0 Å². The third-order valence-corrected chi connectivity index (χ3v) is 7.45. The fraction of sp³-hybridized carbons (Fsp3) is 0.320. The van der Waals surface area contributed by atoms with Gasteiger partial charge < -0.3 is 19.9 Å². The number of halogens is 3. The van der Waals surface area contributed by atoms with Gasteiger partial charge in [-0.15, -0.1) is 0 Å². The molecule has 2 N–H and O–H groups in total. The third kappa shape index (κ3) is 6.00. The van der Waals surface area contributed by atoms with Gasteiger partial charge in [0.25, 0.3) is 17.9 Å². The molecular weight excluding hydrogens is 543 g/mol. The van der Waals surface area contributed by atoms with Crippen LogP contribution in [-0.4, -0.2) is 55.9 Å². The molecule has 0 fully saturated rings. The molecule has 0 saturated carbocycles. The topological polar surface area (TPSA) is 137 Å². The Hall–Kier alpha value is -4.07. The molecule has 210 valence electrons. The van der Waals surface area contributed by atoms with E-state index in [0.717, 1.165) is 28.8 Å². The molecule has 14 heteroatoms. The summed E-state index contributed by atoms with van der Waals surface area (Å²) in [5.41, 5.74) is -1.37. The number of benzene rings is 2. The first-order chi connectivity index (χ1) is 18.5. The summed E-state index contributed by atoms with van der Waals surface area (Å²) in [6.07, 6.45) is -4.89. The number of methoxy groups -OCH3 is 2. The number of alkyl halides is 3. The normalized spacial score (nSPS) is 12.3. The highest BCUT2D eigenvalue weighted by Gasteiger charge is 2.32. The molecule has 3 rings (SSSR count). The van der Waals surface area contributed by atoms with Crippen LogP contribution in [0, 0.1) is 0 Å². The predicted molar refractivity (Wildman–Crippen MR) is 133 cm³/mol. The standard InChI is InChI=1S/C25H26F3N3O7S/c1-4-5-9-18-29-24(33)20(25(34)31(18)19-16(37-2)7-6-8-17(19)38-3)39(35,36)15-12-10-14(11-13-15)23(32)30-22(28)21(26)27/h6-8,10-13,21-22,33H,4-5,9H2,1-3H3,(H,30,32). The van der Waals surface area contributed by atoms with Crippen molar-refractivity contribution in [3.63, 3.8) is 0 Å². The molecule has 2 aromatic carbocycles. The Balaban J connectivity index is 2.19. The largest absolute Gasteiger partial charge is 0.494 e. The molecule has 0 aliphatic heterocycles. The van der Waals surface area contributed by atoms with Gasteiger partial charge in [0.15, 0.2) is 4.90 Å². The SMILES string of the molecule is CCCCc1nc(O)c(S(=O)(=O)c2ccc(C(=O)NC(F)C(F)F)cc2)c(=O)n1-c1c(OC)cccc1OC. The lowest BCUT2D eigenvalue weighted by Gasteiger charge is -2.19. The lowest BCUT2D eigenvalue weighted by Crippen LogP contribution is -2.36. The van der Waals surface area contributed by atoms with Crippen LogP contribution in [0.4, 0.5) is 13.2 Å². The molecule has 0 radical (unpaired) electrons. The van der Waals surface area contributed by atoms with Gasteiger partial charge in [-0.1, -0.05) is 19.4 Å². The van der Waals surface area contributed by atoms with E-state index in [0.29, 0.717) is 12.8 Å². The Kier molecular flexibility index (Phi) is 9.22. The quantitative estimate of drug-likeness (QED) is 0.335. The number of sulfone groups is 1. The maximum Gasteiger partial charge on any atom is 0.287 e. The zero-order chi connectivity index (χ0) is 28.9. The second kappa shape index (κ2) is 12.2. The minimum atomic E-state index is -4.74. The lowest BCUT2D eigenvalue weighted by molar-refractivity contribution is 0.0287. The number of aromatic nitrogens is 2. The van der Waals surface area contributed by atoms with E-state index in [1.807, 2.05) is 6.92 Å². The van der Waals surface area contributed by atoms with Crippen molar-refractivity contribution in [3.8, 4) is 23.1 Å². The average molecular weight is 570 g/mol. The highest BCUT2D eigenvalue weighted by molar-refractivity contribution is 7.91. The zero-order valence-electron chi connectivity index (χ0n) is 21.2. The Morgan fingerprint density at radius 3 is 2.18 bits per heavy atom. The Labute approximate surface area is 221 Å². The van der Waals surface area contributed by atoms with Crippen molar-refractivity contribution < 1.29 is 41.0 Å². The molecule has 1 aromatic heterocycles. The number of rotatable bonds is 11. The van der Waals surface area contributed by atoms with Crippen LogP contribution >= 0.6 is 0 Å². The summed E-state index contributed by atoms with van der Waals surface area (Å²) in [5.74, 6) is -1.82.